The number of nitrogens with zero attached hydrogens (tertiary/aromatic N) is 1. The minimum Gasteiger partial charge on any atom is -0.392 e. The van der Waals surface area contributed by atoms with E-state index in [0.717, 1.165) is 0 Å². The maximum Gasteiger partial charge on any atom is 0.264 e. The van der Waals surface area contributed by atoms with Gasteiger partial charge in [0.2, 0.25) is 0 Å². The Balaban J connectivity index is 3.00. The number of amides is 1. The summed E-state index contributed by atoms with van der Waals surface area (Å²) < 4.78 is 0. The fourth-order valence-electron chi connectivity index (χ4n) is 2.61. The summed E-state index contributed by atoms with van der Waals surface area (Å²) >= 11 is 0. The zero-order chi connectivity index (χ0) is 18.9. The highest BCUT2D eigenvalue weighted by atomic mass is 16.3. The van der Waals surface area contributed by atoms with Gasteiger partial charge in [0.25, 0.3) is 11.5 Å². The van der Waals surface area contributed by atoms with Crippen LogP contribution < -0.4 is 10.9 Å². The van der Waals surface area contributed by atoms with Crippen molar-refractivity contribution >= 4 is 5.91 Å². The molecule has 0 bridgehead atoms. The van der Waals surface area contributed by atoms with Gasteiger partial charge in [0.15, 0.2) is 0 Å². The highest BCUT2D eigenvalue weighted by molar-refractivity contribution is 5.94. The first-order valence-corrected chi connectivity index (χ1v) is 8.35. The SMILES string of the molecule is Cc1nc(C(C)(C)C)[nH]c(=O)c1C(=O)NCC(C)(C)C(O)C(C)C. The van der Waals surface area contributed by atoms with Crippen LogP contribution >= 0.6 is 0 Å². The summed E-state index contributed by atoms with van der Waals surface area (Å²) in [5.41, 5.74) is -0.806. The van der Waals surface area contributed by atoms with E-state index in [1.807, 2.05) is 48.5 Å². The van der Waals surface area contributed by atoms with Gasteiger partial charge in [0.1, 0.15) is 11.4 Å². The Bertz CT molecular complexity index is 654. The zero-order valence-electron chi connectivity index (χ0n) is 16.1. The highest BCUT2D eigenvalue weighted by Crippen LogP contribution is 2.25. The van der Waals surface area contributed by atoms with E-state index in [-0.39, 0.29) is 23.4 Å². The number of carbonyl (C=O) groups is 1. The standard InChI is InChI=1S/C18H31N3O3/c1-10(2)13(22)18(7,8)9-19-14(23)12-11(3)20-16(17(4,5)6)21-15(12)24/h10,13,22H,9H2,1-8H3,(H,19,23)(H,20,21,24). The quantitative estimate of drug-likeness (QED) is 0.767. The van der Waals surface area contributed by atoms with Crippen molar-refractivity contribution in [3.8, 4) is 0 Å². The molecule has 0 fully saturated rings. The van der Waals surface area contributed by atoms with Crippen LogP contribution in [-0.4, -0.2) is 33.6 Å². The Labute approximate surface area is 144 Å². The molecule has 0 saturated heterocycles. The molecule has 0 radical (unpaired) electrons. The van der Waals surface area contributed by atoms with Crippen LogP contribution in [0.2, 0.25) is 0 Å². The van der Waals surface area contributed by atoms with Crippen LogP contribution in [0, 0.1) is 18.3 Å². The average Bonchev–Trinajstić information content (AvgIpc) is 2.42. The fraction of sp³-hybridized carbons (Fsp3) is 0.722. The van der Waals surface area contributed by atoms with Crippen molar-refractivity contribution in [2.24, 2.45) is 11.3 Å². The molecule has 0 aromatic carbocycles. The van der Waals surface area contributed by atoms with Gasteiger partial charge in [0, 0.05) is 17.4 Å². The average molecular weight is 337 g/mol. The number of aliphatic hydroxyl groups excluding tert-OH is 1. The van der Waals surface area contributed by atoms with Gasteiger partial charge >= 0.3 is 0 Å². The molecule has 1 aromatic rings. The molecule has 0 aliphatic rings. The topological polar surface area (TPSA) is 95.1 Å². The third-order valence-corrected chi connectivity index (χ3v) is 4.17. The van der Waals surface area contributed by atoms with E-state index in [4.69, 9.17) is 0 Å². The maximum atomic E-state index is 12.4. The second-order valence-corrected chi connectivity index (χ2v) is 8.49. The van der Waals surface area contributed by atoms with Crippen LogP contribution in [0.15, 0.2) is 4.79 Å². The summed E-state index contributed by atoms with van der Waals surface area (Å²) in [6, 6.07) is 0. The van der Waals surface area contributed by atoms with Gasteiger partial charge in [-0.25, -0.2) is 4.98 Å². The van der Waals surface area contributed by atoms with Gasteiger partial charge < -0.3 is 15.4 Å². The molecule has 136 valence electrons. The van der Waals surface area contributed by atoms with E-state index in [2.05, 4.69) is 15.3 Å². The minimum atomic E-state index is -0.557. The van der Waals surface area contributed by atoms with E-state index >= 15 is 0 Å². The smallest absolute Gasteiger partial charge is 0.264 e. The third-order valence-electron chi connectivity index (χ3n) is 4.17. The van der Waals surface area contributed by atoms with Crippen molar-refractivity contribution in [3.05, 3.63) is 27.4 Å². The number of aromatic nitrogens is 2. The Kier molecular flexibility index (Phi) is 5.98. The summed E-state index contributed by atoms with van der Waals surface area (Å²) in [6.45, 7) is 15.4. The van der Waals surface area contributed by atoms with E-state index in [9.17, 15) is 14.7 Å². The lowest BCUT2D eigenvalue weighted by Gasteiger charge is -2.33. The minimum absolute atomic E-state index is 0.0258. The van der Waals surface area contributed by atoms with Gasteiger partial charge in [-0.3, -0.25) is 9.59 Å². The Morgan fingerprint density at radius 2 is 1.79 bits per heavy atom. The highest BCUT2D eigenvalue weighted by Gasteiger charge is 2.31. The Morgan fingerprint density at radius 1 is 1.25 bits per heavy atom. The van der Waals surface area contributed by atoms with Crippen LogP contribution in [0.4, 0.5) is 0 Å². The molecule has 1 atom stereocenters. The summed E-state index contributed by atoms with van der Waals surface area (Å²) in [5, 5.41) is 13.0. The Morgan fingerprint density at radius 3 is 2.21 bits per heavy atom. The third kappa shape index (κ3) is 4.66. The number of carbonyl (C=O) groups excluding carboxylic acids is 1. The van der Waals surface area contributed by atoms with Crippen LogP contribution in [0.25, 0.3) is 0 Å². The number of hydrogen-bond acceptors (Lipinski definition) is 4. The van der Waals surface area contributed by atoms with Crippen molar-refractivity contribution in [1.82, 2.24) is 15.3 Å². The van der Waals surface area contributed by atoms with E-state index in [1.54, 1.807) is 6.92 Å². The van der Waals surface area contributed by atoms with Crippen molar-refractivity contribution in [2.45, 2.75) is 66.9 Å². The normalized spacial score (nSPS) is 13.9. The molecular weight excluding hydrogens is 306 g/mol. The molecule has 6 nitrogen and oxygen atoms in total. The number of rotatable bonds is 5. The predicted octanol–water partition coefficient (Wildman–Crippen LogP) is 2.15. The van der Waals surface area contributed by atoms with Crippen molar-refractivity contribution in [2.75, 3.05) is 6.54 Å². The van der Waals surface area contributed by atoms with Gasteiger partial charge in [-0.15, -0.1) is 0 Å². The summed E-state index contributed by atoms with van der Waals surface area (Å²) in [4.78, 5) is 31.8. The molecule has 6 heteroatoms. The lowest BCUT2D eigenvalue weighted by atomic mass is 9.80. The van der Waals surface area contributed by atoms with Gasteiger partial charge in [-0.1, -0.05) is 48.5 Å². The van der Waals surface area contributed by atoms with Gasteiger partial charge in [0.05, 0.1) is 11.8 Å². The van der Waals surface area contributed by atoms with Crippen LogP contribution in [0.1, 0.15) is 70.3 Å². The number of hydrogen-bond donors (Lipinski definition) is 3. The van der Waals surface area contributed by atoms with Crippen molar-refractivity contribution < 1.29 is 9.90 Å². The van der Waals surface area contributed by atoms with Crippen molar-refractivity contribution in [1.29, 1.82) is 0 Å². The molecule has 1 aromatic heterocycles. The zero-order valence-corrected chi connectivity index (χ0v) is 16.1. The first-order chi connectivity index (χ1) is 10.8. The monoisotopic (exact) mass is 337 g/mol. The maximum absolute atomic E-state index is 12.4. The molecular formula is C18H31N3O3. The van der Waals surface area contributed by atoms with E-state index in [0.29, 0.717) is 11.5 Å². The lowest BCUT2D eigenvalue weighted by molar-refractivity contribution is 0.0138. The molecule has 3 N–H and O–H groups in total. The van der Waals surface area contributed by atoms with E-state index < -0.39 is 23.0 Å². The summed E-state index contributed by atoms with van der Waals surface area (Å²) in [6.07, 6.45) is -0.557. The second-order valence-electron chi connectivity index (χ2n) is 8.49. The van der Waals surface area contributed by atoms with Crippen LogP contribution in [0.5, 0.6) is 0 Å². The van der Waals surface area contributed by atoms with Crippen LogP contribution in [0.3, 0.4) is 0 Å². The molecule has 0 saturated carbocycles. The molecule has 1 rings (SSSR count). The number of aliphatic hydroxyl groups is 1. The van der Waals surface area contributed by atoms with E-state index in [1.165, 1.54) is 0 Å². The Hall–Kier alpha value is -1.69. The largest absolute Gasteiger partial charge is 0.392 e. The summed E-state index contributed by atoms with van der Waals surface area (Å²) in [7, 11) is 0. The number of aromatic amines is 1. The number of aryl methyl sites for hydroxylation is 1. The molecule has 1 unspecified atom stereocenters. The first kappa shape index (κ1) is 20.4. The predicted molar refractivity (Wildman–Crippen MR) is 95.3 cm³/mol. The molecule has 24 heavy (non-hydrogen) atoms. The fourth-order valence-corrected chi connectivity index (χ4v) is 2.61. The molecule has 0 aliphatic carbocycles. The molecule has 1 amide bonds. The number of H-pyrrole nitrogens is 1. The lowest BCUT2D eigenvalue weighted by Crippen LogP contribution is -2.44. The molecule has 0 spiro atoms. The summed E-state index contributed by atoms with van der Waals surface area (Å²) in [5.74, 6) is 0.164. The number of nitrogens with one attached hydrogen (secondary N) is 2. The molecule has 1 heterocycles. The van der Waals surface area contributed by atoms with Gasteiger partial charge in [-0.2, -0.15) is 0 Å². The molecule has 0 aliphatic heterocycles. The van der Waals surface area contributed by atoms with Crippen molar-refractivity contribution in [3.63, 3.8) is 0 Å². The van der Waals surface area contributed by atoms with Gasteiger partial charge in [-0.05, 0) is 12.8 Å². The van der Waals surface area contributed by atoms with Crippen LogP contribution in [-0.2, 0) is 5.41 Å². The first-order valence-electron chi connectivity index (χ1n) is 8.35. The second kappa shape index (κ2) is 7.05.